The van der Waals surface area contributed by atoms with Crippen molar-refractivity contribution in [3.8, 4) is 0 Å². The first kappa shape index (κ1) is 83.5. The zero-order valence-electron chi connectivity index (χ0n) is 56.6. The van der Waals surface area contributed by atoms with Gasteiger partial charge in [0.2, 0.25) is 70.9 Å². The first-order chi connectivity index (χ1) is 46.3. The van der Waals surface area contributed by atoms with E-state index in [1.807, 2.05) is 0 Å². The van der Waals surface area contributed by atoms with E-state index in [1.165, 1.54) is 42.3 Å². The molecule has 1 aromatic heterocycles. The number of aliphatic imine (C=N–C) groups is 1. The highest BCUT2D eigenvalue weighted by atomic mass is 32.2. The maximum absolute atomic E-state index is 14.7. The SMILES string of the molecule is CC[C@H](C)[C@H](NC(=O)[C@@H](N)CCCN=C(N)N)C(=O)N[C@@H](CC(N)=O)C(=O)N[C@@H](C)C(=O)N[C@H](C(=O)N1CCC[C@H]1C(=O)N[C@@H](Cc1c[nH]c2ccccc12)C(=O)N[C@@H](CO)C(=O)N[C@@H](CCC(=O)O)C(=O)N[C@@H](C)C(=O)N[C@@H](CCSC)C(=O)N[C@@H](CCSC)C(=O)O)[C@@H](C)CC. The smallest absolute Gasteiger partial charge is 0.326 e. The van der Waals surface area contributed by atoms with E-state index in [4.69, 9.17) is 22.9 Å². The first-order valence-corrected chi connectivity index (χ1v) is 35.1. The molecular formula is C62H99N17O17S2. The van der Waals surface area contributed by atoms with Crippen LogP contribution in [0.3, 0.4) is 0 Å². The van der Waals surface area contributed by atoms with Gasteiger partial charge in [-0.1, -0.05) is 58.7 Å². The van der Waals surface area contributed by atoms with Gasteiger partial charge in [0.15, 0.2) is 5.96 Å². The maximum Gasteiger partial charge on any atom is 0.326 e. The average molecular weight is 1420 g/mol. The molecule has 1 saturated heterocycles. The van der Waals surface area contributed by atoms with Crippen molar-refractivity contribution in [1.82, 2.24) is 63.1 Å². The predicted octanol–water partition coefficient (Wildman–Crippen LogP) is -3.61. The Balaban J connectivity index is 1.85. The van der Waals surface area contributed by atoms with Crippen LogP contribution in [0, 0.1) is 11.8 Å². The van der Waals surface area contributed by atoms with Crippen molar-refractivity contribution < 1.29 is 82.4 Å². The number of thioether (sulfide) groups is 2. The molecule has 0 radical (unpaired) electrons. The van der Waals surface area contributed by atoms with Crippen molar-refractivity contribution in [2.75, 3.05) is 43.7 Å². The summed E-state index contributed by atoms with van der Waals surface area (Å²) in [6.45, 7) is 8.48. The lowest BCUT2D eigenvalue weighted by Gasteiger charge is -2.33. The number of hydrogen-bond acceptors (Lipinski definition) is 19. The largest absolute Gasteiger partial charge is 0.481 e. The van der Waals surface area contributed by atoms with Gasteiger partial charge >= 0.3 is 11.9 Å². The van der Waals surface area contributed by atoms with Crippen LogP contribution in [0.5, 0.6) is 0 Å². The Bertz CT molecular complexity index is 3140. The number of aromatic amines is 1. The third kappa shape index (κ3) is 26.9. The van der Waals surface area contributed by atoms with Gasteiger partial charge in [0.05, 0.1) is 19.1 Å². The number of para-hydroxylation sites is 1. The fourth-order valence-electron chi connectivity index (χ4n) is 10.3. The Labute approximate surface area is 576 Å². The fourth-order valence-corrected chi connectivity index (χ4v) is 11.3. The van der Waals surface area contributed by atoms with Gasteiger partial charge in [-0.3, -0.25) is 67.3 Å². The minimum atomic E-state index is -1.86. The van der Waals surface area contributed by atoms with E-state index in [9.17, 15) is 82.4 Å². The summed E-state index contributed by atoms with van der Waals surface area (Å²) >= 11 is 2.72. The van der Waals surface area contributed by atoms with Crippen molar-refractivity contribution in [3.05, 3.63) is 36.0 Å². The molecule has 2 heterocycles. The molecule has 22 N–H and O–H groups in total. The van der Waals surface area contributed by atoms with Gasteiger partial charge in [-0.25, -0.2) is 4.79 Å². The molecule has 0 spiro atoms. The molecule has 12 amide bonds. The number of likely N-dealkylation sites (tertiary alicyclic amines) is 1. The summed E-state index contributed by atoms with van der Waals surface area (Å²) in [5.41, 5.74) is 23.5. The van der Waals surface area contributed by atoms with Crippen LogP contribution in [0.2, 0.25) is 0 Å². The van der Waals surface area contributed by atoms with Crippen LogP contribution < -0.4 is 76.1 Å². The number of aliphatic hydroxyl groups is 1. The van der Waals surface area contributed by atoms with E-state index in [0.29, 0.717) is 47.2 Å². The number of aliphatic carboxylic acids is 2. The Morgan fingerprint density at radius 2 is 1.12 bits per heavy atom. The van der Waals surface area contributed by atoms with Crippen LogP contribution >= 0.6 is 23.5 Å². The third-order valence-electron chi connectivity index (χ3n) is 16.6. The molecule has 1 aromatic carbocycles. The highest BCUT2D eigenvalue weighted by Crippen LogP contribution is 2.24. The number of amides is 12. The van der Waals surface area contributed by atoms with Crippen LogP contribution in [0.15, 0.2) is 35.5 Å². The molecule has 0 unspecified atom stereocenters. The van der Waals surface area contributed by atoms with E-state index in [0.717, 1.165) is 0 Å². The number of primary amides is 1. The van der Waals surface area contributed by atoms with E-state index in [2.05, 4.69) is 63.1 Å². The summed E-state index contributed by atoms with van der Waals surface area (Å²) in [5, 5.41) is 55.5. The van der Waals surface area contributed by atoms with Crippen molar-refractivity contribution in [2.45, 2.75) is 191 Å². The van der Waals surface area contributed by atoms with E-state index >= 15 is 0 Å². The summed E-state index contributed by atoms with van der Waals surface area (Å²) in [4.78, 5) is 198. The number of rotatable bonds is 44. The second-order valence-electron chi connectivity index (χ2n) is 24.1. The minimum Gasteiger partial charge on any atom is -0.481 e. The monoisotopic (exact) mass is 1420 g/mol. The summed E-state index contributed by atoms with van der Waals surface area (Å²) in [6.07, 6.45) is 4.64. The number of H-pyrrole nitrogens is 1. The predicted molar refractivity (Wildman–Crippen MR) is 366 cm³/mol. The molecule has 0 aliphatic carbocycles. The molecule has 0 saturated carbocycles. The maximum atomic E-state index is 14.7. The number of carboxylic acids is 2. The second-order valence-corrected chi connectivity index (χ2v) is 26.0. The Morgan fingerprint density at radius 3 is 1.70 bits per heavy atom. The number of nitrogens with one attached hydrogen (secondary N) is 11. The van der Waals surface area contributed by atoms with Crippen molar-refractivity contribution in [1.29, 1.82) is 0 Å². The summed E-state index contributed by atoms with van der Waals surface area (Å²) in [5.74, 6) is -14.0. The van der Waals surface area contributed by atoms with Gasteiger partial charge in [0.25, 0.3) is 0 Å². The Hall–Kier alpha value is -8.77. The molecule has 546 valence electrons. The van der Waals surface area contributed by atoms with Crippen LogP contribution in [-0.2, 0) is 73.5 Å². The lowest BCUT2D eigenvalue weighted by atomic mass is 9.96. The van der Waals surface area contributed by atoms with Gasteiger partial charge in [-0.05, 0) is 106 Å². The normalized spacial score (nSPS) is 16.7. The number of benzene rings is 1. The Morgan fingerprint density at radius 1 is 0.612 bits per heavy atom. The summed E-state index contributed by atoms with van der Waals surface area (Å²) in [7, 11) is 0. The molecule has 14 atom stereocenters. The van der Waals surface area contributed by atoms with Crippen LogP contribution in [-0.4, -0.2) is 230 Å². The zero-order chi connectivity index (χ0) is 73.5. The molecule has 36 heteroatoms. The van der Waals surface area contributed by atoms with Gasteiger partial charge in [-0.2, -0.15) is 23.5 Å². The number of fused-ring (bicyclic) bond motifs is 1. The van der Waals surface area contributed by atoms with Gasteiger partial charge < -0.3 is 101 Å². The molecule has 1 aliphatic heterocycles. The van der Waals surface area contributed by atoms with Crippen LogP contribution in [0.4, 0.5) is 0 Å². The van der Waals surface area contributed by atoms with E-state index in [-0.39, 0.29) is 57.6 Å². The highest BCUT2D eigenvalue weighted by Gasteiger charge is 2.42. The van der Waals surface area contributed by atoms with E-state index < -0.39 is 193 Å². The molecule has 3 rings (SSSR count). The van der Waals surface area contributed by atoms with Gasteiger partial charge in [0.1, 0.15) is 66.5 Å². The molecule has 0 bridgehead atoms. The van der Waals surface area contributed by atoms with Gasteiger partial charge in [-0.15, -0.1) is 0 Å². The number of carbonyl (C=O) groups excluding carboxylic acids is 12. The Kier molecular flexibility index (Phi) is 35.9. The van der Waals surface area contributed by atoms with Crippen molar-refractivity contribution >= 4 is 123 Å². The quantitative estimate of drug-likeness (QED) is 0.0173. The van der Waals surface area contributed by atoms with Crippen LogP contribution in [0.25, 0.3) is 10.9 Å². The topological polar surface area (TPSA) is 555 Å². The number of nitrogens with zero attached hydrogens (tertiary/aromatic N) is 2. The van der Waals surface area contributed by atoms with Crippen molar-refractivity contribution in [3.63, 3.8) is 0 Å². The van der Waals surface area contributed by atoms with Crippen molar-refractivity contribution in [2.24, 2.45) is 39.8 Å². The molecule has 1 fully saturated rings. The zero-order valence-corrected chi connectivity index (χ0v) is 58.2. The molecule has 2 aromatic rings. The lowest BCUT2D eigenvalue weighted by Crippen LogP contribution is -2.61. The number of nitrogens with two attached hydrogens (primary N) is 4. The van der Waals surface area contributed by atoms with E-state index in [1.54, 1.807) is 70.7 Å². The first-order valence-electron chi connectivity index (χ1n) is 32.3. The minimum absolute atomic E-state index is 0.0135. The average Bonchev–Trinajstić information content (AvgIpc) is 1.61. The fraction of sp³-hybridized carbons (Fsp3) is 0.629. The standard InChI is InChI=1S/C62H99N17O17S2/c1-9-31(3)48(77-52(86)37(63)16-13-23-67-62(65)66)59(93)75-43(28-46(64)81)55(89)70-34(6)51(85)78-49(32(4)10-2)60(94)79-24-14-18-45(79)58(92)74-42(27-35-29-68-38-17-12-11-15-36(35)38)56(90)76-44(30-80)57(91)72-39(19-20-47(82)83)53(87)69-33(5)50(84)71-40(21-25-97-7)54(88)73-41(61(95)96)22-26-98-8/h11-12,15,17,29,31-34,37,39-45,48-49,68,80H,9-10,13-14,16,18-28,30,63H2,1-8H3,(H2,64,81)(H,69,87)(H,70,89)(H,71,84)(H,72,91)(H,73,88)(H,74,92)(H,75,93)(H,76,90)(H,77,86)(H,78,85)(H,82,83)(H,95,96)(H4,65,66,67)/t31-,32-,33-,34-,37-,39-,40-,41-,42-,43-,44-,45-,48-,49-/m0/s1. The van der Waals surface area contributed by atoms with Crippen LogP contribution in [0.1, 0.15) is 118 Å². The lowest BCUT2D eigenvalue weighted by molar-refractivity contribution is -0.143. The number of aromatic nitrogens is 1. The molecular weight excluding hydrogens is 1320 g/mol. The second kappa shape index (κ2) is 42.1. The summed E-state index contributed by atoms with van der Waals surface area (Å²) in [6, 6.07) is -9.95. The van der Waals surface area contributed by atoms with Gasteiger partial charge in [0, 0.05) is 43.0 Å². The number of guanidine groups is 1. The number of aliphatic hydroxyl groups excluding tert-OH is 1. The highest BCUT2D eigenvalue weighted by molar-refractivity contribution is 7.98. The number of hydrogen-bond donors (Lipinski definition) is 18. The molecule has 98 heavy (non-hydrogen) atoms. The number of carbonyl (C=O) groups is 14. The molecule has 34 nitrogen and oxygen atoms in total. The summed E-state index contributed by atoms with van der Waals surface area (Å²) < 4.78 is 0. The number of carboxylic acid groups (broad SMARTS) is 2. The molecule has 1 aliphatic rings. The third-order valence-corrected chi connectivity index (χ3v) is 17.8.